The van der Waals surface area contributed by atoms with Crippen LogP contribution in [0.2, 0.25) is 0 Å². The Balaban J connectivity index is 1.24. The minimum Gasteiger partial charge on any atom is -0.444 e. The molecule has 0 unspecified atom stereocenters. The number of rotatable bonds is 11. The lowest BCUT2D eigenvalue weighted by atomic mass is 9.77. The van der Waals surface area contributed by atoms with E-state index in [0.29, 0.717) is 24.0 Å². The molecule has 1 aromatic carbocycles. The number of hydrogen-bond donors (Lipinski definition) is 3. The summed E-state index contributed by atoms with van der Waals surface area (Å²) in [6, 6.07) is 3.44. The van der Waals surface area contributed by atoms with E-state index >= 15 is 0 Å². The second kappa shape index (κ2) is 14.4. The number of nitrogens with one attached hydrogen (secondary N) is 3. The monoisotopic (exact) mass is 743 g/mol. The molecule has 1 saturated heterocycles. The van der Waals surface area contributed by atoms with Gasteiger partial charge in [-0.2, -0.15) is 0 Å². The van der Waals surface area contributed by atoms with Gasteiger partial charge in [-0.05, 0) is 70.4 Å². The smallest absolute Gasteiger partial charge is 0.410 e. The van der Waals surface area contributed by atoms with Crippen molar-refractivity contribution in [1.29, 1.82) is 0 Å². The number of likely N-dealkylation sites (tertiary alicyclic amines) is 1. The van der Waals surface area contributed by atoms with Gasteiger partial charge >= 0.3 is 6.09 Å². The highest BCUT2D eigenvalue weighted by Gasteiger charge is 2.62. The summed E-state index contributed by atoms with van der Waals surface area (Å²) in [4.78, 5) is 71.7. The van der Waals surface area contributed by atoms with Gasteiger partial charge in [0.2, 0.25) is 27.7 Å². The molecular formula is C37H50FN5O8S. The number of carbonyl (C=O) groups excluding carboxylic acids is 5. The predicted octanol–water partition coefficient (Wildman–Crippen LogP) is 3.42. The fraction of sp³-hybridized carbons (Fsp3) is 0.649. The Hall–Kier alpha value is -4.01. The first-order valence-electron chi connectivity index (χ1n) is 18.4. The Labute approximate surface area is 304 Å². The number of carbonyl (C=O) groups is 5. The number of benzene rings is 1. The predicted molar refractivity (Wildman–Crippen MR) is 188 cm³/mol. The summed E-state index contributed by atoms with van der Waals surface area (Å²) in [5.74, 6) is -4.09. The molecule has 6 rings (SSSR count). The van der Waals surface area contributed by atoms with Crippen LogP contribution in [0.4, 0.5) is 9.18 Å². The van der Waals surface area contributed by atoms with E-state index in [-0.39, 0.29) is 50.7 Å². The van der Waals surface area contributed by atoms with Gasteiger partial charge in [0.15, 0.2) is 0 Å². The van der Waals surface area contributed by atoms with E-state index in [4.69, 9.17) is 4.74 Å². The van der Waals surface area contributed by atoms with E-state index in [1.54, 1.807) is 12.1 Å². The van der Waals surface area contributed by atoms with Crippen molar-refractivity contribution in [3.63, 3.8) is 0 Å². The van der Waals surface area contributed by atoms with E-state index < -0.39 is 80.0 Å². The Bertz CT molecular complexity index is 1740. The van der Waals surface area contributed by atoms with Gasteiger partial charge in [-0.1, -0.05) is 37.5 Å². The van der Waals surface area contributed by atoms with Crippen molar-refractivity contribution in [3.05, 3.63) is 47.8 Å². The molecule has 284 valence electrons. The third kappa shape index (κ3) is 8.13. The third-order valence-electron chi connectivity index (χ3n) is 11.0. The molecule has 0 aromatic heterocycles. The van der Waals surface area contributed by atoms with Crippen molar-refractivity contribution < 1.29 is 41.5 Å². The summed E-state index contributed by atoms with van der Waals surface area (Å²) in [5.41, 5.74) is -1.05. The van der Waals surface area contributed by atoms with Gasteiger partial charge in [-0.25, -0.2) is 17.6 Å². The zero-order valence-electron chi connectivity index (χ0n) is 30.1. The number of sulfonamides is 1. The Morgan fingerprint density at radius 2 is 1.79 bits per heavy atom. The maximum atomic E-state index is 14.6. The first-order valence-corrected chi connectivity index (χ1v) is 19.9. The summed E-state index contributed by atoms with van der Waals surface area (Å²) in [6.07, 6.45) is 4.98. The third-order valence-corrected chi connectivity index (χ3v) is 12.8. The van der Waals surface area contributed by atoms with E-state index in [9.17, 15) is 36.8 Å². The van der Waals surface area contributed by atoms with E-state index in [1.807, 2.05) is 20.8 Å². The largest absolute Gasteiger partial charge is 0.444 e. The highest BCUT2D eigenvalue weighted by atomic mass is 32.2. The first kappa shape index (κ1) is 37.7. The molecule has 3 aliphatic carbocycles. The molecule has 0 bridgehead atoms. The number of nitrogens with zero attached hydrogens (tertiary/aromatic N) is 2. The summed E-state index contributed by atoms with van der Waals surface area (Å²) in [6.45, 7) is 9.33. The first-order chi connectivity index (χ1) is 24.5. The molecule has 2 heterocycles. The molecule has 3 N–H and O–H groups in total. The normalized spacial score (nSPS) is 26.6. The van der Waals surface area contributed by atoms with Crippen molar-refractivity contribution in [2.24, 2.45) is 17.8 Å². The molecular weight excluding hydrogens is 693 g/mol. The van der Waals surface area contributed by atoms with Gasteiger partial charge in [-0.15, -0.1) is 6.58 Å². The lowest BCUT2D eigenvalue weighted by Gasteiger charge is -2.35. The van der Waals surface area contributed by atoms with Crippen molar-refractivity contribution >= 4 is 39.7 Å². The average Bonchev–Trinajstić information content (AvgIpc) is 3.97. The van der Waals surface area contributed by atoms with Gasteiger partial charge < -0.3 is 20.3 Å². The molecule has 3 saturated carbocycles. The topological polar surface area (TPSA) is 171 Å². The Morgan fingerprint density at radius 3 is 2.40 bits per heavy atom. The van der Waals surface area contributed by atoms with Crippen LogP contribution in [-0.2, 0) is 47.0 Å². The molecule has 15 heteroatoms. The number of hydrogen-bond acceptors (Lipinski definition) is 8. The van der Waals surface area contributed by atoms with Crippen LogP contribution >= 0.6 is 0 Å². The molecule has 1 aromatic rings. The zero-order chi connectivity index (χ0) is 37.6. The van der Waals surface area contributed by atoms with Gasteiger partial charge in [0.1, 0.15) is 23.5 Å². The second-order valence-corrected chi connectivity index (χ2v) is 18.1. The number of halogens is 1. The summed E-state index contributed by atoms with van der Waals surface area (Å²) in [5, 5.41) is 5.05. The molecule has 5 atom stereocenters. The van der Waals surface area contributed by atoms with Crippen LogP contribution in [0.3, 0.4) is 0 Å². The van der Waals surface area contributed by atoms with Crippen LogP contribution in [-0.4, -0.2) is 83.0 Å². The van der Waals surface area contributed by atoms with Gasteiger partial charge in [-0.3, -0.25) is 28.8 Å². The fourth-order valence-electron chi connectivity index (χ4n) is 8.00. The minimum atomic E-state index is -3.91. The Morgan fingerprint density at radius 1 is 1.08 bits per heavy atom. The number of fused-ring (bicyclic) bond motifs is 1. The standard InChI is InChI=1S/C37H50FN5O8S/c1-5-24-18-37(24,34(47)41-52(49,50)26-14-15-26)40-32(45)30-16-25(51-35(48)42-19-23-12-9-13-29(38)28(23)21-42)20-43(30)33(46)27(22-10-7-6-8-11-22)17-31(44)39-36(2,3)4/h5,9,12-13,22,24-27,30H,1,6-8,10-11,14-21H2,2-4H3,(H,39,44)(H,40,45)(H,41,47)/t24-,25-,27+,30+,37+/m1/s1. The van der Waals surface area contributed by atoms with E-state index in [2.05, 4.69) is 21.9 Å². The molecule has 5 aliphatic rings. The van der Waals surface area contributed by atoms with Crippen molar-refractivity contribution in [2.45, 2.75) is 127 Å². The maximum Gasteiger partial charge on any atom is 0.410 e. The van der Waals surface area contributed by atoms with Crippen LogP contribution < -0.4 is 15.4 Å². The number of ether oxygens (including phenoxy) is 1. The minimum absolute atomic E-state index is 0.0110. The fourth-order valence-corrected chi connectivity index (χ4v) is 9.36. The molecule has 0 radical (unpaired) electrons. The molecule has 52 heavy (non-hydrogen) atoms. The molecule has 0 spiro atoms. The Kier molecular flexibility index (Phi) is 10.5. The van der Waals surface area contributed by atoms with Gasteiger partial charge in [0, 0.05) is 42.3 Å². The molecule has 2 aliphatic heterocycles. The van der Waals surface area contributed by atoms with Crippen LogP contribution in [0.25, 0.3) is 0 Å². The van der Waals surface area contributed by atoms with Crippen molar-refractivity contribution in [2.75, 3.05) is 6.54 Å². The molecule has 5 amide bonds. The number of amides is 5. The van der Waals surface area contributed by atoms with Crippen LogP contribution in [0.1, 0.15) is 96.1 Å². The van der Waals surface area contributed by atoms with Crippen LogP contribution in [0, 0.1) is 23.6 Å². The SMILES string of the molecule is C=C[C@@H]1C[C@@]1(NC(=O)[C@@H]1C[C@@H](OC(=O)N2Cc3cccc(F)c3C2)CN1C(=O)[C@@H](CC(=O)NC(C)(C)C)C1CCCCC1)C(=O)NS(=O)(=O)C1CC1. The average molecular weight is 744 g/mol. The second-order valence-electron chi connectivity index (χ2n) is 16.2. The molecule has 13 nitrogen and oxygen atoms in total. The van der Waals surface area contributed by atoms with Crippen LogP contribution in [0.15, 0.2) is 30.9 Å². The van der Waals surface area contributed by atoms with Gasteiger partial charge in [0.05, 0.1) is 18.3 Å². The molecule has 4 fully saturated rings. The van der Waals surface area contributed by atoms with Crippen molar-refractivity contribution in [1.82, 2.24) is 25.2 Å². The summed E-state index contributed by atoms with van der Waals surface area (Å²) >= 11 is 0. The van der Waals surface area contributed by atoms with E-state index in [0.717, 1.165) is 32.1 Å². The zero-order valence-corrected chi connectivity index (χ0v) is 30.9. The van der Waals surface area contributed by atoms with E-state index in [1.165, 1.54) is 21.9 Å². The van der Waals surface area contributed by atoms with Crippen molar-refractivity contribution in [3.8, 4) is 0 Å². The van der Waals surface area contributed by atoms with Gasteiger partial charge in [0.25, 0.3) is 5.91 Å². The summed E-state index contributed by atoms with van der Waals surface area (Å²) in [7, 11) is -3.91. The highest BCUT2D eigenvalue weighted by molar-refractivity contribution is 7.91. The quantitative estimate of drug-likeness (QED) is 0.290. The lowest BCUT2D eigenvalue weighted by Crippen LogP contribution is -2.57. The maximum absolute atomic E-state index is 14.6. The lowest BCUT2D eigenvalue weighted by molar-refractivity contribution is -0.146. The summed E-state index contributed by atoms with van der Waals surface area (Å²) < 4.78 is 47.8. The van der Waals surface area contributed by atoms with Crippen LogP contribution in [0.5, 0.6) is 0 Å². The highest BCUT2D eigenvalue weighted by Crippen LogP contribution is 2.46.